The van der Waals surface area contributed by atoms with Crippen molar-refractivity contribution in [3.05, 3.63) is 20.2 Å². The number of nitrogens with zero attached hydrogens (tertiary/aromatic N) is 6. The molecular formula is C4H2N8O4. The number of rotatable bonds is 3. The van der Waals surface area contributed by atoms with E-state index in [4.69, 9.17) is 0 Å². The molecule has 0 bridgehead atoms. The van der Waals surface area contributed by atoms with E-state index >= 15 is 0 Å². The predicted molar refractivity (Wildman–Crippen MR) is 45.1 cm³/mol. The van der Waals surface area contributed by atoms with E-state index in [0.717, 1.165) is 0 Å². The molecule has 82 valence electrons. The van der Waals surface area contributed by atoms with Gasteiger partial charge in [-0.2, -0.15) is 0 Å². The van der Waals surface area contributed by atoms with E-state index in [2.05, 4.69) is 20.4 Å². The molecule has 0 atom stereocenters. The average Bonchev–Trinajstić information content (AvgIpc) is 2.85. The van der Waals surface area contributed by atoms with E-state index in [0.29, 0.717) is 0 Å². The molecular weight excluding hydrogens is 224 g/mol. The quantitative estimate of drug-likeness (QED) is 0.516. The van der Waals surface area contributed by atoms with Crippen LogP contribution in [0.3, 0.4) is 0 Å². The zero-order valence-corrected chi connectivity index (χ0v) is 7.32. The maximum Gasteiger partial charge on any atom is 0.420 e. The van der Waals surface area contributed by atoms with Gasteiger partial charge >= 0.3 is 11.6 Å². The van der Waals surface area contributed by atoms with Crippen molar-refractivity contribution in [2.45, 2.75) is 0 Å². The molecule has 0 unspecified atom stereocenters. The lowest BCUT2D eigenvalue weighted by Gasteiger charge is -1.90. The van der Waals surface area contributed by atoms with Crippen LogP contribution in [0.25, 0.3) is 11.4 Å². The first-order valence-electron chi connectivity index (χ1n) is 3.72. The number of hydrogen-bond donors (Lipinski definition) is 2. The van der Waals surface area contributed by atoms with Gasteiger partial charge in [-0.15, -0.1) is 20.6 Å². The summed E-state index contributed by atoms with van der Waals surface area (Å²) in [7, 11) is 0. The van der Waals surface area contributed by atoms with Crippen molar-refractivity contribution in [3.63, 3.8) is 0 Å². The Labute approximate surface area is 85.0 Å². The fourth-order valence-corrected chi connectivity index (χ4v) is 1.02. The Bertz CT molecular complexity index is 506. The van der Waals surface area contributed by atoms with E-state index in [1.807, 2.05) is 10.4 Å². The number of H-pyrrole nitrogens is 2. The van der Waals surface area contributed by atoms with Crippen LogP contribution in [0.1, 0.15) is 0 Å². The molecule has 0 fully saturated rings. The third-order valence-electron chi connectivity index (χ3n) is 1.63. The fourth-order valence-electron chi connectivity index (χ4n) is 1.02. The second-order valence-corrected chi connectivity index (χ2v) is 2.51. The highest BCUT2D eigenvalue weighted by atomic mass is 16.6. The van der Waals surface area contributed by atoms with Gasteiger partial charge in [0.15, 0.2) is 0 Å². The molecule has 0 aliphatic heterocycles. The lowest BCUT2D eigenvalue weighted by Crippen LogP contribution is -1.95. The summed E-state index contributed by atoms with van der Waals surface area (Å²) < 4.78 is 0. The Kier molecular flexibility index (Phi) is 2.01. The van der Waals surface area contributed by atoms with Crippen molar-refractivity contribution < 1.29 is 9.85 Å². The maximum atomic E-state index is 10.5. The van der Waals surface area contributed by atoms with Crippen LogP contribution in [-0.4, -0.2) is 40.7 Å². The minimum atomic E-state index is -0.836. The third-order valence-corrected chi connectivity index (χ3v) is 1.63. The first-order chi connectivity index (χ1) is 7.61. The normalized spacial score (nSPS) is 10.2. The van der Waals surface area contributed by atoms with Crippen molar-refractivity contribution in [1.29, 1.82) is 0 Å². The first kappa shape index (κ1) is 9.63. The number of aromatic nitrogens is 6. The summed E-state index contributed by atoms with van der Waals surface area (Å²) in [4.78, 5) is 19.4. The molecule has 0 saturated heterocycles. The molecule has 12 heteroatoms. The number of aromatic amines is 2. The Morgan fingerprint density at radius 1 is 0.812 bits per heavy atom. The minimum absolute atomic E-state index is 0.342. The molecule has 0 aliphatic carbocycles. The molecule has 0 aromatic carbocycles. The number of hydrogen-bond acceptors (Lipinski definition) is 8. The van der Waals surface area contributed by atoms with Gasteiger partial charge in [-0.25, -0.2) is 0 Å². The largest absolute Gasteiger partial charge is 0.420 e. The van der Waals surface area contributed by atoms with Gasteiger partial charge < -0.3 is 20.2 Å². The summed E-state index contributed by atoms with van der Waals surface area (Å²) in [6.45, 7) is 0. The van der Waals surface area contributed by atoms with Crippen LogP contribution < -0.4 is 0 Å². The van der Waals surface area contributed by atoms with Crippen molar-refractivity contribution in [2.24, 2.45) is 0 Å². The zero-order chi connectivity index (χ0) is 11.7. The Balaban J connectivity index is 2.59. The van der Waals surface area contributed by atoms with E-state index in [9.17, 15) is 20.2 Å². The molecule has 16 heavy (non-hydrogen) atoms. The summed E-state index contributed by atoms with van der Waals surface area (Å²) in [6.07, 6.45) is 0. The summed E-state index contributed by atoms with van der Waals surface area (Å²) >= 11 is 0. The van der Waals surface area contributed by atoms with E-state index < -0.39 is 21.5 Å². The van der Waals surface area contributed by atoms with E-state index in [-0.39, 0.29) is 11.4 Å². The summed E-state index contributed by atoms with van der Waals surface area (Å²) in [5.41, 5.74) is -0.684. The Morgan fingerprint density at radius 2 is 1.19 bits per heavy atom. The van der Waals surface area contributed by atoms with Crippen molar-refractivity contribution in [3.8, 4) is 11.4 Å². The number of nitro groups is 2. The molecule has 12 nitrogen and oxygen atoms in total. The molecule has 0 spiro atoms. The molecule has 2 rings (SSSR count). The molecule has 0 saturated carbocycles. The number of nitrogens with one attached hydrogen (secondary N) is 2. The van der Waals surface area contributed by atoms with Crippen molar-refractivity contribution in [1.82, 2.24) is 30.8 Å². The molecule has 2 aromatic heterocycles. The van der Waals surface area contributed by atoms with Crippen LogP contribution in [0.2, 0.25) is 0 Å². The zero-order valence-electron chi connectivity index (χ0n) is 7.32. The summed E-state index contributed by atoms with van der Waals surface area (Å²) in [5.74, 6) is -1.31. The molecule has 2 aromatic rings. The highest BCUT2D eigenvalue weighted by Crippen LogP contribution is 2.28. The van der Waals surface area contributed by atoms with Crippen LogP contribution in [0.15, 0.2) is 0 Å². The van der Waals surface area contributed by atoms with Crippen molar-refractivity contribution >= 4 is 11.6 Å². The molecule has 0 aliphatic rings. The molecule has 2 heterocycles. The van der Waals surface area contributed by atoms with Crippen LogP contribution in [0.4, 0.5) is 11.6 Å². The second-order valence-electron chi connectivity index (χ2n) is 2.51. The van der Waals surface area contributed by atoms with Crippen LogP contribution in [0, 0.1) is 20.2 Å². The van der Waals surface area contributed by atoms with Crippen LogP contribution >= 0.6 is 0 Å². The minimum Gasteiger partial charge on any atom is -0.358 e. The highest BCUT2D eigenvalue weighted by Gasteiger charge is 2.31. The van der Waals surface area contributed by atoms with Gasteiger partial charge in [-0.3, -0.25) is 0 Å². The SMILES string of the molecule is O=[N+]([O-])c1n[nH]nc1-c1n[nH]nc1[N+](=O)[O-]. The summed E-state index contributed by atoms with van der Waals surface area (Å²) in [6, 6.07) is 0. The predicted octanol–water partition coefficient (Wildman–Crippen LogP) is -0.594. The van der Waals surface area contributed by atoms with Crippen LogP contribution in [0.5, 0.6) is 0 Å². The Morgan fingerprint density at radius 3 is 1.50 bits per heavy atom. The average molecular weight is 226 g/mol. The molecule has 0 radical (unpaired) electrons. The van der Waals surface area contributed by atoms with Crippen molar-refractivity contribution in [2.75, 3.05) is 0 Å². The topological polar surface area (TPSA) is 169 Å². The van der Waals surface area contributed by atoms with Crippen LogP contribution in [-0.2, 0) is 0 Å². The van der Waals surface area contributed by atoms with Gasteiger partial charge in [-0.1, -0.05) is 0 Å². The van der Waals surface area contributed by atoms with Gasteiger partial charge in [-0.05, 0) is 9.85 Å². The van der Waals surface area contributed by atoms with Gasteiger partial charge in [0.2, 0.25) is 11.4 Å². The van der Waals surface area contributed by atoms with Gasteiger partial charge in [0.05, 0.1) is 10.2 Å². The third kappa shape index (κ3) is 1.33. The van der Waals surface area contributed by atoms with Gasteiger partial charge in [0.1, 0.15) is 0 Å². The second kappa shape index (κ2) is 3.34. The molecule has 0 amide bonds. The lowest BCUT2D eigenvalue weighted by molar-refractivity contribution is -0.391. The summed E-state index contributed by atoms with van der Waals surface area (Å²) in [5, 5.41) is 38.3. The maximum absolute atomic E-state index is 10.5. The lowest BCUT2D eigenvalue weighted by atomic mass is 10.3. The highest BCUT2D eigenvalue weighted by molar-refractivity contribution is 5.68. The van der Waals surface area contributed by atoms with Gasteiger partial charge in [0, 0.05) is 0 Å². The van der Waals surface area contributed by atoms with Gasteiger partial charge in [0.25, 0.3) is 0 Å². The Hall–Kier alpha value is -2.92. The molecule has 2 N–H and O–H groups in total. The fraction of sp³-hybridized carbons (Fsp3) is 0. The van der Waals surface area contributed by atoms with E-state index in [1.54, 1.807) is 0 Å². The smallest absolute Gasteiger partial charge is 0.358 e. The first-order valence-corrected chi connectivity index (χ1v) is 3.72. The van der Waals surface area contributed by atoms with E-state index in [1.165, 1.54) is 0 Å². The monoisotopic (exact) mass is 226 g/mol. The standard InChI is InChI=1S/C4H2N8O4/c13-11(14)3-1(5-9-7-3)2-4(12(15)16)8-10-6-2/h(H,5,7,9)(H,6,8,10).